The van der Waals surface area contributed by atoms with Gasteiger partial charge in [-0.2, -0.15) is 5.10 Å². The fourth-order valence-electron chi connectivity index (χ4n) is 3.36. The zero-order valence-corrected chi connectivity index (χ0v) is 22.7. The molecule has 33 heavy (non-hydrogen) atoms. The Morgan fingerprint density at radius 2 is 1.76 bits per heavy atom. The lowest BCUT2D eigenvalue weighted by molar-refractivity contribution is 0.0967. The van der Waals surface area contributed by atoms with Crippen molar-refractivity contribution in [3.63, 3.8) is 0 Å². The van der Waals surface area contributed by atoms with Gasteiger partial charge in [0.25, 0.3) is 5.91 Å². The molecule has 0 aromatic carbocycles. The molecule has 1 rings (SSSR count). The summed E-state index contributed by atoms with van der Waals surface area (Å²) in [5.74, 6) is 0.334. The van der Waals surface area contributed by atoms with Gasteiger partial charge in [-0.3, -0.25) is 4.79 Å². The lowest BCUT2D eigenvalue weighted by Gasteiger charge is -2.18. The third kappa shape index (κ3) is 11.7. The van der Waals surface area contributed by atoms with Crippen LogP contribution in [0.2, 0.25) is 0 Å². The number of nitrogens with one attached hydrogen (secondary N) is 1. The number of hydrogen-bond acceptors (Lipinski definition) is 2. The highest BCUT2D eigenvalue weighted by Crippen LogP contribution is 2.26. The molecule has 1 aromatic rings. The Hall–Kier alpha value is -2.62. The Bertz CT molecular complexity index is 779. The summed E-state index contributed by atoms with van der Waals surface area (Å²) in [4.78, 5) is 12.9. The number of carbonyl (C=O) groups excluding carboxylic acids is 1. The van der Waals surface area contributed by atoms with Gasteiger partial charge >= 0.3 is 0 Å². The number of carbonyl (C=O) groups is 1. The quantitative estimate of drug-likeness (QED) is 0.320. The molecular formula is C29H49N3O. The molecule has 0 aliphatic carbocycles. The number of rotatable bonds is 12. The van der Waals surface area contributed by atoms with Crippen molar-refractivity contribution in [2.45, 2.75) is 94.4 Å². The van der Waals surface area contributed by atoms with E-state index in [0.29, 0.717) is 11.5 Å². The van der Waals surface area contributed by atoms with Crippen molar-refractivity contribution in [3.05, 3.63) is 65.7 Å². The van der Waals surface area contributed by atoms with Gasteiger partial charge in [0, 0.05) is 11.9 Å². The van der Waals surface area contributed by atoms with Gasteiger partial charge in [-0.25, -0.2) is 4.68 Å². The highest BCUT2D eigenvalue weighted by molar-refractivity contribution is 5.98. The Labute approximate surface area is 204 Å². The van der Waals surface area contributed by atoms with Gasteiger partial charge in [0.1, 0.15) is 0 Å². The predicted octanol–water partition coefficient (Wildman–Crippen LogP) is 8.81. The van der Waals surface area contributed by atoms with Gasteiger partial charge in [0.15, 0.2) is 0 Å². The molecule has 1 atom stereocenters. The molecule has 0 saturated carbocycles. The third-order valence-corrected chi connectivity index (χ3v) is 4.84. The van der Waals surface area contributed by atoms with Crippen LogP contribution in [0.1, 0.15) is 110 Å². The molecular weight excluding hydrogens is 406 g/mol. The van der Waals surface area contributed by atoms with E-state index >= 15 is 0 Å². The average molecular weight is 456 g/mol. The van der Waals surface area contributed by atoms with Crippen molar-refractivity contribution >= 4 is 18.2 Å². The molecule has 0 aliphatic heterocycles. The van der Waals surface area contributed by atoms with E-state index in [2.05, 4.69) is 49.1 Å². The second-order valence-corrected chi connectivity index (χ2v) is 7.04. The summed E-state index contributed by atoms with van der Waals surface area (Å²) in [6.07, 6.45) is 21.1. The Balaban J connectivity index is 0. The second-order valence-electron chi connectivity index (χ2n) is 7.04. The molecule has 1 amide bonds. The van der Waals surface area contributed by atoms with E-state index in [0.717, 1.165) is 24.2 Å². The van der Waals surface area contributed by atoms with Gasteiger partial charge in [0.2, 0.25) is 0 Å². The van der Waals surface area contributed by atoms with E-state index in [4.69, 9.17) is 0 Å². The number of unbranched alkanes of at least 4 members (excludes halogenated alkanes) is 1. The first-order valence-electron chi connectivity index (χ1n) is 12.7. The normalized spacial score (nSPS) is 12.6. The van der Waals surface area contributed by atoms with Gasteiger partial charge in [-0.1, -0.05) is 91.7 Å². The monoisotopic (exact) mass is 455 g/mol. The summed E-state index contributed by atoms with van der Waals surface area (Å²) in [6.45, 7) is 22.1. The topological polar surface area (TPSA) is 46.9 Å². The molecule has 0 spiro atoms. The van der Waals surface area contributed by atoms with Crippen LogP contribution in [0.25, 0.3) is 12.3 Å². The SMILES string of the molecule is C=Cn1ncc(C(=O)NC(/C=C(\C=C/C)C(CCC)CCCC)=C/C)c1/C=C\C.CC.CC. The Morgan fingerprint density at radius 3 is 2.24 bits per heavy atom. The maximum atomic E-state index is 12.9. The highest BCUT2D eigenvalue weighted by Gasteiger charge is 2.16. The first-order chi connectivity index (χ1) is 16.1. The fourth-order valence-corrected chi connectivity index (χ4v) is 3.36. The second kappa shape index (κ2) is 21.2. The summed E-state index contributed by atoms with van der Waals surface area (Å²) >= 11 is 0. The maximum absolute atomic E-state index is 12.9. The van der Waals surface area contributed by atoms with E-state index < -0.39 is 0 Å². The predicted molar refractivity (Wildman–Crippen MR) is 148 cm³/mol. The van der Waals surface area contributed by atoms with Gasteiger partial charge in [-0.15, -0.1) is 0 Å². The molecule has 1 aromatic heterocycles. The van der Waals surface area contributed by atoms with Crippen LogP contribution < -0.4 is 5.32 Å². The molecule has 0 fully saturated rings. The maximum Gasteiger partial charge on any atom is 0.259 e. The van der Waals surface area contributed by atoms with Crippen LogP contribution in [0.3, 0.4) is 0 Å². The van der Waals surface area contributed by atoms with Crippen LogP contribution in [-0.2, 0) is 0 Å². The van der Waals surface area contributed by atoms with E-state index in [9.17, 15) is 4.79 Å². The van der Waals surface area contributed by atoms with Gasteiger partial charge < -0.3 is 5.32 Å². The molecule has 1 unspecified atom stereocenters. The number of hydrogen-bond donors (Lipinski definition) is 1. The lowest BCUT2D eigenvalue weighted by atomic mass is 9.88. The Morgan fingerprint density at radius 1 is 1.09 bits per heavy atom. The van der Waals surface area contributed by atoms with Crippen LogP contribution in [-0.4, -0.2) is 15.7 Å². The molecule has 0 aliphatic rings. The van der Waals surface area contributed by atoms with Crippen molar-refractivity contribution in [2.24, 2.45) is 5.92 Å². The summed E-state index contributed by atoms with van der Waals surface area (Å²) in [6, 6.07) is 0. The van der Waals surface area contributed by atoms with Crippen molar-refractivity contribution in [1.29, 1.82) is 0 Å². The first-order valence-corrected chi connectivity index (χ1v) is 12.7. The third-order valence-electron chi connectivity index (χ3n) is 4.84. The van der Waals surface area contributed by atoms with E-state index in [1.165, 1.54) is 24.8 Å². The van der Waals surface area contributed by atoms with Crippen LogP contribution in [0.5, 0.6) is 0 Å². The molecule has 1 heterocycles. The minimum absolute atomic E-state index is 0.170. The Kier molecular flexibility index (Phi) is 21.0. The van der Waals surface area contributed by atoms with Crippen molar-refractivity contribution in [2.75, 3.05) is 0 Å². The van der Waals surface area contributed by atoms with Crippen LogP contribution in [0.4, 0.5) is 0 Å². The summed E-state index contributed by atoms with van der Waals surface area (Å²) in [5.41, 5.74) is 3.32. The molecule has 0 bridgehead atoms. The molecule has 4 nitrogen and oxygen atoms in total. The van der Waals surface area contributed by atoms with Gasteiger partial charge in [-0.05, 0) is 57.3 Å². The molecule has 0 saturated heterocycles. The van der Waals surface area contributed by atoms with Crippen LogP contribution in [0, 0.1) is 5.92 Å². The molecule has 4 heteroatoms. The van der Waals surface area contributed by atoms with Crippen molar-refractivity contribution < 1.29 is 4.79 Å². The lowest BCUT2D eigenvalue weighted by Crippen LogP contribution is -2.23. The van der Waals surface area contributed by atoms with Gasteiger partial charge in [0.05, 0.1) is 17.5 Å². The summed E-state index contributed by atoms with van der Waals surface area (Å²) in [5, 5.41) is 7.28. The standard InChI is InChI=1S/C25H37N3O.2C2H6/c1-7-13-17-20(14-8-2)21(15-9-3)18-22(11-5)27-25(29)23-19-26-28(12-6)24(23)16-10-4;2*1-2/h9-12,15-16,18-20H,6-8,13-14,17H2,1-5H3,(H,27,29);2*1-2H3/b15-9-,16-10-,21-18+,22-11+;;. The van der Waals surface area contributed by atoms with Crippen LogP contribution in [0.15, 0.2) is 54.4 Å². The van der Waals surface area contributed by atoms with E-state index in [1.54, 1.807) is 17.1 Å². The number of aromatic nitrogens is 2. The molecule has 186 valence electrons. The largest absolute Gasteiger partial charge is 0.322 e. The number of allylic oxidation sites excluding steroid dienone is 6. The molecule has 1 N–H and O–H groups in total. The zero-order valence-electron chi connectivity index (χ0n) is 22.7. The minimum Gasteiger partial charge on any atom is -0.322 e. The average Bonchev–Trinajstić information content (AvgIpc) is 3.26. The number of nitrogens with zero attached hydrogens (tertiary/aromatic N) is 2. The highest BCUT2D eigenvalue weighted by atomic mass is 16.1. The number of amides is 1. The fraction of sp³-hybridized carbons (Fsp3) is 0.517. The molecule has 0 radical (unpaired) electrons. The van der Waals surface area contributed by atoms with Crippen LogP contribution >= 0.6 is 0 Å². The smallest absolute Gasteiger partial charge is 0.259 e. The van der Waals surface area contributed by atoms with E-state index in [1.807, 2.05) is 66.7 Å². The minimum atomic E-state index is -0.170. The van der Waals surface area contributed by atoms with E-state index in [-0.39, 0.29) is 5.91 Å². The zero-order chi connectivity index (χ0) is 25.6. The summed E-state index contributed by atoms with van der Waals surface area (Å²) in [7, 11) is 0. The summed E-state index contributed by atoms with van der Waals surface area (Å²) < 4.78 is 1.60. The van der Waals surface area contributed by atoms with Crippen molar-refractivity contribution in [1.82, 2.24) is 15.1 Å². The first kappa shape index (κ1) is 32.6. The van der Waals surface area contributed by atoms with Crippen molar-refractivity contribution in [3.8, 4) is 0 Å².